The van der Waals surface area contributed by atoms with Crippen LogP contribution >= 0.6 is 12.6 Å². The first-order chi connectivity index (χ1) is 7.63. The zero-order valence-corrected chi connectivity index (χ0v) is 10.9. The largest absolute Gasteiger partial charge is 0.392 e. The van der Waals surface area contributed by atoms with Crippen LogP contribution in [0.4, 0.5) is 0 Å². The summed E-state index contributed by atoms with van der Waals surface area (Å²) in [6.07, 6.45) is -0.277. The molecule has 2 atom stereocenters. The summed E-state index contributed by atoms with van der Waals surface area (Å²) in [5, 5.41) is 9.32. The van der Waals surface area contributed by atoms with Gasteiger partial charge < -0.3 is 10.0 Å². The molecule has 90 valence electrons. The van der Waals surface area contributed by atoms with E-state index in [2.05, 4.69) is 41.8 Å². The summed E-state index contributed by atoms with van der Waals surface area (Å²) in [4.78, 5) is 2.15. The monoisotopic (exact) mass is 239 g/mol. The molecule has 0 aliphatic carbocycles. The van der Waals surface area contributed by atoms with Gasteiger partial charge in [0.25, 0.3) is 0 Å². The van der Waals surface area contributed by atoms with Crippen molar-refractivity contribution >= 4 is 12.6 Å². The lowest BCUT2D eigenvalue weighted by Gasteiger charge is -2.24. The molecule has 0 spiro atoms. The average Bonchev–Trinajstić information content (AvgIpc) is 2.26. The molecule has 1 rings (SSSR count). The van der Waals surface area contributed by atoms with Crippen LogP contribution in [0.2, 0.25) is 0 Å². The molecule has 0 heterocycles. The maximum absolute atomic E-state index is 9.32. The van der Waals surface area contributed by atoms with E-state index in [-0.39, 0.29) is 6.10 Å². The Labute approximate surface area is 104 Å². The van der Waals surface area contributed by atoms with Crippen molar-refractivity contribution in [2.75, 3.05) is 25.9 Å². The van der Waals surface area contributed by atoms with Gasteiger partial charge in [0.1, 0.15) is 0 Å². The SMILES string of the molecule is CC(O)CN(C)CC(CS)c1ccccc1. The smallest absolute Gasteiger partial charge is 0.0638 e. The Balaban J connectivity index is 2.56. The zero-order chi connectivity index (χ0) is 12.0. The fraction of sp³-hybridized carbons (Fsp3) is 0.538. The summed E-state index contributed by atoms with van der Waals surface area (Å²) < 4.78 is 0. The highest BCUT2D eigenvalue weighted by Gasteiger charge is 2.13. The van der Waals surface area contributed by atoms with Gasteiger partial charge in [0.2, 0.25) is 0 Å². The molecule has 0 bridgehead atoms. The van der Waals surface area contributed by atoms with Gasteiger partial charge in [0.15, 0.2) is 0 Å². The highest BCUT2D eigenvalue weighted by molar-refractivity contribution is 7.80. The third kappa shape index (κ3) is 4.56. The first kappa shape index (κ1) is 13.6. The quantitative estimate of drug-likeness (QED) is 0.742. The second-order valence-corrected chi connectivity index (χ2v) is 4.73. The second-order valence-electron chi connectivity index (χ2n) is 4.36. The van der Waals surface area contributed by atoms with Gasteiger partial charge in [-0.3, -0.25) is 0 Å². The van der Waals surface area contributed by atoms with Gasteiger partial charge in [-0.25, -0.2) is 0 Å². The Bertz CT molecular complexity index is 289. The van der Waals surface area contributed by atoms with E-state index in [0.717, 1.165) is 12.3 Å². The molecule has 2 nitrogen and oxygen atoms in total. The van der Waals surface area contributed by atoms with Crippen LogP contribution in [-0.2, 0) is 0 Å². The van der Waals surface area contributed by atoms with E-state index >= 15 is 0 Å². The molecule has 0 aliphatic rings. The number of aliphatic hydroxyl groups excluding tert-OH is 1. The standard InChI is InChI=1S/C13H21NOS/c1-11(15)8-14(2)9-13(10-16)12-6-4-3-5-7-12/h3-7,11,13,15-16H,8-10H2,1-2H3. The number of hydrogen-bond acceptors (Lipinski definition) is 3. The minimum atomic E-state index is -0.277. The molecular weight excluding hydrogens is 218 g/mol. The first-order valence-corrected chi connectivity index (χ1v) is 6.29. The molecule has 0 radical (unpaired) electrons. The minimum Gasteiger partial charge on any atom is -0.392 e. The van der Waals surface area contributed by atoms with Gasteiger partial charge in [-0.15, -0.1) is 0 Å². The Kier molecular flexibility index (Phi) is 5.88. The summed E-state index contributed by atoms with van der Waals surface area (Å²) >= 11 is 4.40. The fourth-order valence-electron chi connectivity index (χ4n) is 1.90. The van der Waals surface area contributed by atoms with Crippen molar-refractivity contribution in [3.05, 3.63) is 35.9 Å². The van der Waals surface area contributed by atoms with E-state index < -0.39 is 0 Å². The Morgan fingerprint density at radius 3 is 2.38 bits per heavy atom. The Hall–Kier alpha value is -0.510. The molecule has 0 amide bonds. The number of aliphatic hydroxyl groups is 1. The molecule has 16 heavy (non-hydrogen) atoms. The van der Waals surface area contributed by atoms with E-state index in [1.54, 1.807) is 0 Å². The number of thiol groups is 1. The lowest BCUT2D eigenvalue weighted by molar-refractivity contribution is 0.139. The molecule has 1 N–H and O–H groups in total. The number of likely N-dealkylation sites (N-methyl/N-ethyl adjacent to an activating group) is 1. The van der Waals surface area contributed by atoms with Gasteiger partial charge in [-0.05, 0) is 25.3 Å². The molecular formula is C13H21NOS. The van der Waals surface area contributed by atoms with Crippen molar-refractivity contribution in [3.63, 3.8) is 0 Å². The van der Waals surface area contributed by atoms with Crippen molar-refractivity contribution in [2.45, 2.75) is 18.9 Å². The van der Waals surface area contributed by atoms with Gasteiger partial charge in [-0.1, -0.05) is 30.3 Å². The van der Waals surface area contributed by atoms with E-state index in [9.17, 15) is 5.11 Å². The van der Waals surface area contributed by atoms with Crippen molar-refractivity contribution in [2.24, 2.45) is 0 Å². The van der Waals surface area contributed by atoms with Gasteiger partial charge >= 0.3 is 0 Å². The molecule has 2 unspecified atom stereocenters. The van der Waals surface area contributed by atoms with Crippen molar-refractivity contribution < 1.29 is 5.11 Å². The van der Waals surface area contributed by atoms with E-state index in [1.165, 1.54) is 5.56 Å². The summed E-state index contributed by atoms with van der Waals surface area (Å²) in [7, 11) is 2.03. The number of benzene rings is 1. The summed E-state index contributed by atoms with van der Waals surface area (Å²) in [6.45, 7) is 3.45. The Morgan fingerprint density at radius 1 is 1.25 bits per heavy atom. The zero-order valence-electron chi connectivity index (χ0n) is 10.0. The first-order valence-electron chi connectivity index (χ1n) is 5.66. The van der Waals surface area contributed by atoms with Crippen molar-refractivity contribution in [1.82, 2.24) is 4.90 Å². The van der Waals surface area contributed by atoms with E-state index in [0.29, 0.717) is 12.5 Å². The van der Waals surface area contributed by atoms with Crippen LogP contribution in [0.5, 0.6) is 0 Å². The van der Waals surface area contributed by atoms with E-state index in [1.807, 2.05) is 20.0 Å². The summed E-state index contributed by atoms with van der Waals surface area (Å²) in [6, 6.07) is 10.4. The lowest BCUT2D eigenvalue weighted by Crippen LogP contribution is -2.31. The summed E-state index contributed by atoms with van der Waals surface area (Å²) in [5.74, 6) is 1.25. The topological polar surface area (TPSA) is 23.5 Å². The van der Waals surface area contributed by atoms with Crippen molar-refractivity contribution in [1.29, 1.82) is 0 Å². The van der Waals surface area contributed by atoms with Crippen molar-refractivity contribution in [3.8, 4) is 0 Å². The molecule has 0 aliphatic heterocycles. The number of hydrogen-bond donors (Lipinski definition) is 2. The molecule has 1 aromatic carbocycles. The molecule has 1 aromatic rings. The van der Waals surface area contributed by atoms with Crippen LogP contribution < -0.4 is 0 Å². The fourth-order valence-corrected chi connectivity index (χ4v) is 2.22. The van der Waals surface area contributed by atoms with E-state index in [4.69, 9.17) is 0 Å². The number of nitrogens with zero attached hydrogens (tertiary/aromatic N) is 1. The lowest BCUT2D eigenvalue weighted by atomic mass is 10.0. The maximum atomic E-state index is 9.32. The van der Waals surface area contributed by atoms with Crippen LogP contribution in [0.15, 0.2) is 30.3 Å². The molecule has 3 heteroatoms. The molecule has 0 fully saturated rings. The third-order valence-electron chi connectivity index (χ3n) is 2.60. The number of rotatable bonds is 6. The van der Waals surface area contributed by atoms with Crippen LogP contribution in [0.1, 0.15) is 18.4 Å². The highest BCUT2D eigenvalue weighted by Crippen LogP contribution is 2.17. The van der Waals surface area contributed by atoms with Gasteiger partial charge in [0, 0.05) is 19.0 Å². The van der Waals surface area contributed by atoms with Gasteiger partial charge in [0.05, 0.1) is 6.10 Å². The Morgan fingerprint density at radius 2 is 1.88 bits per heavy atom. The normalized spacial score (nSPS) is 15.1. The molecule has 0 saturated carbocycles. The van der Waals surface area contributed by atoms with Crippen LogP contribution in [0.3, 0.4) is 0 Å². The third-order valence-corrected chi connectivity index (χ3v) is 3.04. The van der Waals surface area contributed by atoms with Crippen LogP contribution in [0, 0.1) is 0 Å². The van der Waals surface area contributed by atoms with Gasteiger partial charge in [-0.2, -0.15) is 12.6 Å². The minimum absolute atomic E-state index is 0.277. The van der Waals surface area contributed by atoms with Crippen LogP contribution in [-0.4, -0.2) is 42.0 Å². The maximum Gasteiger partial charge on any atom is 0.0638 e. The summed E-state index contributed by atoms with van der Waals surface area (Å²) in [5.41, 5.74) is 1.31. The highest BCUT2D eigenvalue weighted by atomic mass is 32.1. The van der Waals surface area contributed by atoms with Crippen LogP contribution in [0.25, 0.3) is 0 Å². The molecule has 0 aromatic heterocycles. The average molecular weight is 239 g/mol. The predicted octanol–water partition coefficient (Wildman–Crippen LogP) is 2.01. The predicted molar refractivity (Wildman–Crippen MR) is 72.2 cm³/mol. The second kappa shape index (κ2) is 6.94. The molecule has 0 saturated heterocycles.